The van der Waals surface area contributed by atoms with Crippen LogP contribution in [0.2, 0.25) is 0 Å². The van der Waals surface area contributed by atoms with Crippen LogP contribution in [0.25, 0.3) is 0 Å². The number of carbonyl (C=O) groups is 1. The molecule has 2 aromatic rings. The van der Waals surface area contributed by atoms with Crippen molar-refractivity contribution < 1.29 is 4.79 Å². The van der Waals surface area contributed by atoms with Gasteiger partial charge >= 0.3 is 0 Å². The average Bonchev–Trinajstić information content (AvgIpc) is 3.25. The summed E-state index contributed by atoms with van der Waals surface area (Å²) in [4.78, 5) is 27.2. The van der Waals surface area contributed by atoms with Crippen molar-refractivity contribution in [2.24, 2.45) is 0 Å². The molecule has 1 saturated carbocycles. The number of amides is 1. The van der Waals surface area contributed by atoms with Gasteiger partial charge in [-0.3, -0.25) is 15.0 Å². The Morgan fingerprint density at radius 2 is 2.08 bits per heavy atom. The Labute approximate surface area is 151 Å². The molecule has 4 N–H and O–H groups in total. The van der Waals surface area contributed by atoms with Gasteiger partial charge in [-0.2, -0.15) is 0 Å². The zero-order chi connectivity index (χ0) is 17.1. The number of nitrogens with one attached hydrogen (secondary N) is 4. The first-order valence-corrected chi connectivity index (χ1v) is 8.86. The summed E-state index contributed by atoms with van der Waals surface area (Å²) in [5, 5.41) is 16.2. The molecule has 1 aliphatic rings. The van der Waals surface area contributed by atoms with Crippen molar-refractivity contribution in [3.8, 4) is 0 Å². The molecule has 1 amide bonds. The lowest BCUT2D eigenvalue weighted by Gasteiger charge is -2.16. The third kappa shape index (κ3) is 3.99. The molecule has 0 aliphatic heterocycles. The highest BCUT2D eigenvalue weighted by Gasteiger charge is 2.20. The van der Waals surface area contributed by atoms with Gasteiger partial charge in [-0.05, 0) is 25.0 Å². The van der Waals surface area contributed by atoms with Gasteiger partial charge in [-0.15, -0.1) is 11.3 Å². The Kier molecular flexibility index (Phi) is 6.14. The maximum atomic E-state index is 12.3. The summed E-state index contributed by atoms with van der Waals surface area (Å²) in [5.74, 6) is -0.190. The molecule has 25 heavy (non-hydrogen) atoms. The van der Waals surface area contributed by atoms with Crippen molar-refractivity contribution in [3.05, 3.63) is 50.1 Å². The predicted octanol–water partition coefficient (Wildman–Crippen LogP) is 3.20. The molecule has 0 radical (unpaired) electrons. The summed E-state index contributed by atoms with van der Waals surface area (Å²) >= 11 is 1.26. The fourth-order valence-corrected chi connectivity index (χ4v) is 3.83. The van der Waals surface area contributed by atoms with Crippen LogP contribution in [0.3, 0.4) is 0 Å². The SMILES string of the molecule is C.CNC(=O)c1cc(C(=N)c2c(NC3CCCC3)cc[nH]c2=O)cs1. The van der Waals surface area contributed by atoms with E-state index in [0.29, 0.717) is 27.7 Å². The fourth-order valence-electron chi connectivity index (χ4n) is 2.99. The Morgan fingerprint density at radius 1 is 1.36 bits per heavy atom. The van der Waals surface area contributed by atoms with Crippen LogP contribution < -0.4 is 16.2 Å². The molecule has 1 aliphatic carbocycles. The highest BCUT2D eigenvalue weighted by molar-refractivity contribution is 7.12. The lowest BCUT2D eigenvalue weighted by atomic mass is 10.0. The highest BCUT2D eigenvalue weighted by atomic mass is 32.1. The number of carbonyl (C=O) groups excluding carboxylic acids is 1. The largest absolute Gasteiger partial charge is 0.382 e. The predicted molar refractivity (Wildman–Crippen MR) is 103 cm³/mol. The fraction of sp³-hybridized carbons (Fsp3) is 0.389. The second kappa shape index (κ2) is 8.11. The summed E-state index contributed by atoms with van der Waals surface area (Å²) in [6.07, 6.45) is 6.14. The van der Waals surface area contributed by atoms with E-state index in [9.17, 15) is 9.59 Å². The van der Waals surface area contributed by atoms with Gasteiger partial charge in [0.2, 0.25) is 0 Å². The maximum Gasteiger partial charge on any atom is 0.261 e. The van der Waals surface area contributed by atoms with Crippen LogP contribution in [0.5, 0.6) is 0 Å². The molecular weight excluding hydrogens is 336 g/mol. The van der Waals surface area contributed by atoms with Crippen molar-refractivity contribution in [2.45, 2.75) is 39.2 Å². The maximum absolute atomic E-state index is 12.3. The van der Waals surface area contributed by atoms with E-state index in [4.69, 9.17) is 5.41 Å². The van der Waals surface area contributed by atoms with E-state index in [1.54, 1.807) is 30.8 Å². The number of aromatic nitrogens is 1. The molecule has 0 atom stereocenters. The summed E-state index contributed by atoms with van der Waals surface area (Å²) in [7, 11) is 1.57. The normalized spacial score (nSPS) is 14.0. The number of rotatable bonds is 5. The monoisotopic (exact) mass is 360 g/mol. The van der Waals surface area contributed by atoms with Crippen molar-refractivity contribution >= 4 is 28.6 Å². The number of aromatic amines is 1. The highest BCUT2D eigenvalue weighted by Crippen LogP contribution is 2.25. The van der Waals surface area contributed by atoms with Gasteiger partial charge in [0.15, 0.2) is 0 Å². The number of hydrogen-bond donors (Lipinski definition) is 4. The van der Waals surface area contributed by atoms with Crippen molar-refractivity contribution in [2.75, 3.05) is 12.4 Å². The minimum absolute atomic E-state index is 0. The third-order valence-electron chi connectivity index (χ3n) is 4.26. The smallest absolute Gasteiger partial charge is 0.261 e. The van der Waals surface area contributed by atoms with E-state index in [1.165, 1.54) is 24.2 Å². The van der Waals surface area contributed by atoms with Crippen LogP contribution in [-0.4, -0.2) is 29.7 Å². The molecule has 0 saturated heterocycles. The molecule has 0 unspecified atom stereocenters. The Balaban J connectivity index is 0.00000225. The van der Waals surface area contributed by atoms with Crippen LogP contribution in [0.1, 0.15) is 53.9 Å². The number of H-pyrrole nitrogens is 1. The standard InChI is InChI=1S/C17H20N4O2S.CH4/c1-19-16(22)13-8-10(9-24-13)15(18)14-12(6-7-20-17(14)23)21-11-4-2-3-5-11;/h6-9,11,18H,2-5H2,1H3,(H,19,22)(H2,20,21,23);1H4. The lowest BCUT2D eigenvalue weighted by molar-refractivity contribution is 0.0967. The van der Waals surface area contributed by atoms with Crippen LogP contribution in [0.4, 0.5) is 5.69 Å². The van der Waals surface area contributed by atoms with Gasteiger partial charge in [0.05, 0.1) is 21.8 Å². The molecular formula is C18H24N4O2S. The summed E-state index contributed by atoms with van der Waals surface area (Å²) < 4.78 is 0. The van der Waals surface area contributed by atoms with Gasteiger partial charge < -0.3 is 15.6 Å². The zero-order valence-corrected chi connectivity index (χ0v) is 14.3. The number of pyridine rings is 1. The van der Waals surface area contributed by atoms with E-state index < -0.39 is 0 Å². The molecule has 2 heterocycles. The van der Waals surface area contributed by atoms with Crippen LogP contribution in [0.15, 0.2) is 28.5 Å². The summed E-state index contributed by atoms with van der Waals surface area (Å²) in [6, 6.07) is 3.80. The Hall–Kier alpha value is -2.41. The van der Waals surface area contributed by atoms with Gasteiger partial charge in [0, 0.05) is 30.2 Å². The average molecular weight is 360 g/mol. The molecule has 134 valence electrons. The van der Waals surface area contributed by atoms with Crippen molar-refractivity contribution in [1.29, 1.82) is 5.41 Å². The quantitative estimate of drug-likeness (QED) is 0.616. The van der Waals surface area contributed by atoms with E-state index >= 15 is 0 Å². The Bertz CT molecular complexity index is 818. The molecule has 7 heteroatoms. The second-order valence-corrected chi connectivity index (χ2v) is 6.79. The van der Waals surface area contributed by atoms with Gasteiger partial charge in [0.25, 0.3) is 11.5 Å². The summed E-state index contributed by atoms with van der Waals surface area (Å²) in [6.45, 7) is 0. The number of hydrogen-bond acceptors (Lipinski definition) is 5. The van der Waals surface area contributed by atoms with Crippen molar-refractivity contribution in [1.82, 2.24) is 10.3 Å². The van der Waals surface area contributed by atoms with E-state index in [0.717, 1.165) is 12.8 Å². The molecule has 0 spiro atoms. The van der Waals surface area contributed by atoms with Gasteiger partial charge in [-0.1, -0.05) is 20.3 Å². The minimum atomic E-state index is -0.296. The zero-order valence-electron chi connectivity index (χ0n) is 13.4. The third-order valence-corrected chi connectivity index (χ3v) is 5.19. The van der Waals surface area contributed by atoms with Gasteiger partial charge in [0.1, 0.15) is 0 Å². The van der Waals surface area contributed by atoms with E-state index in [-0.39, 0.29) is 24.6 Å². The Morgan fingerprint density at radius 3 is 2.76 bits per heavy atom. The van der Waals surface area contributed by atoms with Crippen LogP contribution in [0, 0.1) is 5.41 Å². The summed E-state index contributed by atoms with van der Waals surface area (Å²) in [5.41, 5.74) is 1.42. The molecule has 1 fully saturated rings. The second-order valence-electron chi connectivity index (χ2n) is 5.87. The van der Waals surface area contributed by atoms with Crippen LogP contribution in [-0.2, 0) is 0 Å². The molecule has 0 aromatic carbocycles. The minimum Gasteiger partial charge on any atom is -0.382 e. The van der Waals surface area contributed by atoms with Gasteiger partial charge in [-0.25, -0.2) is 0 Å². The lowest BCUT2D eigenvalue weighted by Crippen LogP contribution is -2.24. The molecule has 3 rings (SSSR count). The van der Waals surface area contributed by atoms with Crippen molar-refractivity contribution in [3.63, 3.8) is 0 Å². The molecule has 2 aromatic heterocycles. The molecule has 6 nitrogen and oxygen atoms in total. The molecule has 0 bridgehead atoms. The first-order chi connectivity index (χ1) is 11.6. The van der Waals surface area contributed by atoms with E-state index in [1.807, 2.05) is 0 Å². The van der Waals surface area contributed by atoms with E-state index in [2.05, 4.69) is 15.6 Å². The number of anilines is 1. The number of thiophene rings is 1. The first kappa shape index (κ1) is 18.9. The first-order valence-electron chi connectivity index (χ1n) is 7.98. The van der Waals surface area contributed by atoms with Crippen LogP contribution >= 0.6 is 11.3 Å². The topological polar surface area (TPSA) is 97.8 Å².